The normalized spacial score (nSPS) is 37.5. The van der Waals surface area contributed by atoms with Crippen molar-refractivity contribution in [3.05, 3.63) is 58.9 Å². The SMILES string of the molecule is O=C(NC/C=C1/C2C3=CCC2C2CCC3C12)c1ccc(F)cc1. The van der Waals surface area contributed by atoms with Crippen molar-refractivity contribution in [2.75, 3.05) is 6.54 Å². The van der Waals surface area contributed by atoms with Gasteiger partial charge in [-0.25, -0.2) is 4.39 Å². The Hall–Kier alpha value is -1.90. The minimum atomic E-state index is -0.314. The highest BCUT2D eigenvalue weighted by atomic mass is 19.1. The molecule has 4 aliphatic carbocycles. The van der Waals surface area contributed by atoms with Crippen LogP contribution >= 0.6 is 0 Å². The Morgan fingerprint density at radius 2 is 2.04 bits per heavy atom. The van der Waals surface area contributed by atoms with Crippen LogP contribution in [0.1, 0.15) is 29.6 Å². The molecule has 0 aliphatic heterocycles. The summed E-state index contributed by atoms with van der Waals surface area (Å²) in [5.74, 6) is 3.58. The molecule has 2 nitrogen and oxygen atoms in total. The number of allylic oxidation sites excluding steroid dienone is 3. The molecule has 0 heterocycles. The van der Waals surface area contributed by atoms with Crippen LogP contribution in [0.25, 0.3) is 0 Å². The van der Waals surface area contributed by atoms with Crippen LogP contribution in [-0.2, 0) is 0 Å². The van der Waals surface area contributed by atoms with Gasteiger partial charge in [0, 0.05) is 18.0 Å². The second-order valence-corrected chi connectivity index (χ2v) is 7.38. The fraction of sp³-hybridized carbons (Fsp3) is 0.450. The number of benzene rings is 1. The van der Waals surface area contributed by atoms with Crippen molar-refractivity contribution < 1.29 is 9.18 Å². The third-order valence-corrected chi connectivity index (χ3v) is 6.55. The summed E-state index contributed by atoms with van der Waals surface area (Å²) in [4.78, 5) is 12.1. The molecule has 5 unspecified atom stereocenters. The van der Waals surface area contributed by atoms with E-state index in [1.165, 1.54) is 43.5 Å². The van der Waals surface area contributed by atoms with E-state index in [1.807, 2.05) is 0 Å². The van der Waals surface area contributed by atoms with E-state index in [9.17, 15) is 9.18 Å². The Morgan fingerprint density at radius 3 is 2.87 bits per heavy atom. The third-order valence-electron chi connectivity index (χ3n) is 6.55. The molecule has 1 aromatic carbocycles. The van der Waals surface area contributed by atoms with Gasteiger partial charge in [-0.2, -0.15) is 0 Å². The molecule has 3 saturated carbocycles. The average Bonchev–Trinajstić information content (AvgIpc) is 3.19. The molecule has 118 valence electrons. The Labute approximate surface area is 135 Å². The molecule has 2 bridgehead atoms. The van der Waals surface area contributed by atoms with Crippen LogP contribution < -0.4 is 5.32 Å². The largest absolute Gasteiger partial charge is 0.349 e. The van der Waals surface area contributed by atoms with Crippen molar-refractivity contribution >= 4 is 5.91 Å². The Balaban J connectivity index is 1.30. The lowest BCUT2D eigenvalue weighted by molar-refractivity contribution is 0.0958. The summed E-state index contributed by atoms with van der Waals surface area (Å²) in [6.45, 7) is 0.581. The van der Waals surface area contributed by atoms with Gasteiger partial charge in [0.25, 0.3) is 5.91 Å². The molecule has 3 heteroatoms. The van der Waals surface area contributed by atoms with E-state index < -0.39 is 0 Å². The summed E-state index contributed by atoms with van der Waals surface area (Å²) < 4.78 is 12.9. The molecule has 0 saturated heterocycles. The number of nitrogens with one attached hydrogen (secondary N) is 1. The van der Waals surface area contributed by atoms with Crippen LogP contribution in [0, 0.1) is 35.4 Å². The zero-order chi connectivity index (χ0) is 15.6. The van der Waals surface area contributed by atoms with Gasteiger partial charge in [0.2, 0.25) is 0 Å². The van der Waals surface area contributed by atoms with E-state index in [1.54, 1.807) is 11.1 Å². The van der Waals surface area contributed by atoms with Gasteiger partial charge in [0.05, 0.1) is 0 Å². The van der Waals surface area contributed by atoms with Crippen LogP contribution in [0.2, 0.25) is 0 Å². The van der Waals surface area contributed by atoms with E-state index >= 15 is 0 Å². The molecule has 5 rings (SSSR count). The molecule has 0 spiro atoms. The Kier molecular flexibility index (Phi) is 2.82. The number of hydrogen-bond acceptors (Lipinski definition) is 1. The van der Waals surface area contributed by atoms with Crippen molar-refractivity contribution in [3.63, 3.8) is 0 Å². The van der Waals surface area contributed by atoms with Crippen molar-refractivity contribution in [3.8, 4) is 0 Å². The fourth-order valence-corrected chi connectivity index (χ4v) is 5.82. The maximum Gasteiger partial charge on any atom is 0.251 e. The molecular weight excluding hydrogens is 289 g/mol. The lowest BCUT2D eigenvalue weighted by atomic mass is 9.81. The first-order valence-electron chi connectivity index (χ1n) is 8.67. The van der Waals surface area contributed by atoms with Gasteiger partial charge in [-0.3, -0.25) is 4.79 Å². The second-order valence-electron chi connectivity index (χ2n) is 7.38. The van der Waals surface area contributed by atoms with Gasteiger partial charge in [-0.05, 0) is 67.2 Å². The third kappa shape index (κ3) is 1.82. The van der Waals surface area contributed by atoms with E-state index in [4.69, 9.17) is 0 Å². The number of halogens is 1. The van der Waals surface area contributed by atoms with E-state index in [2.05, 4.69) is 17.5 Å². The van der Waals surface area contributed by atoms with E-state index in [-0.39, 0.29) is 11.7 Å². The molecule has 0 radical (unpaired) electrons. The van der Waals surface area contributed by atoms with Gasteiger partial charge in [-0.15, -0.1) is 0 Å². The first kappa shape index (κ1) is 13.5. The van der Waals surface area contributed by atoms with Crippen molar-refractivity contribution in [2.45, 2.75) is 19.3 Å². The van der Waals surface area contributed by atoms with Crippen LogP contribution in [0.3, 0.4) is 0 Å². The minimum absolute atomic E-state index is 0.127. The minimum Gasteiger partial charge on any atom is -0.349 e. The number of carbonyl (C=O) groups is 1. The molecule has 4 aliphatic rings. The highest BCUT2D eigenvalue weighted by Crippen LogP contribution is 2.70. The molecule has 5 atom stereocenters. The monoisotopic (exact) mass is 309 g/mol. The molecule has 0 aromatic heterocycles. The lowest BCUT2D eigenvalue weighted by Gasteiger charge is -2.22. The maximum absolute atomic E-state index is 12.9. The number of rotatable bonds is 3. The molecule has 1 amide bonds. The van der Waals surface area contributed by atoms with E-state index in [0.717, 1.165) is 23.7 Å². The number of hydrogen-bond donors (Lipinski definition) is 1. The zero-order valence-corrected chi connectivity index (χ0v) is 13.0. The zero-order valence-electron chi connectivity index (χ0n) is 13.0. The van der Waals surface area contributed by atoms with Gasteiger partial charge in [-0.1, -0.05) is 23.3 Å². The molecule has 23 heavy (non-hydrogen) atoms. The summed E-state index contributed by atoms with van der Waals surface area (Å²) in [5.41, 5.74) is 3.83. The second kappa shape index (κ2) is 4.80. The highest BCUT2D eigenvalue weighted by molar-refractivity contribution is 5.94. The van der Waals surface area contributed by atoms with Crippen molar-refractivity contribution in [2.24, 2.45) is 29.6 Å². The standard InChI is InChI=1S/C20H20FNO/c21-12-3-1-11(2-4-12)20(23)22-10-9-17-18-13-5-6-14(18)16-8-7-15(13)19(16)17/h1-5,9,14-16,18-19H,6-8,10H2,(H,22,23)/b17-9-. The number of amides is 1. The summed E-state index contributed by atoms with van der Waals surface area (Å²) in [7, 11) is 0. The Bertz CT molecular complexity index is 733. The van der Waals surface area contributed by atoms with Crippen LogP contribution in [-0.4, -0.2) is 12.5 Å². The van der Waals surface area contributed by atoms with Crippen LogP contribution in [0.15, 0.2) is 47.6 Å². The summed E-state index contributed by atoms with van der Waals surface area (Å²) in [6, 6.07) is 5.71. The molecular formula is C20H20FNO. The predicted octanol–water partition coefficient (Wildman–Crippen LogP) is 3.71. The van der Waals surface area contributed by atoms with Crippen molar-refractivity contribution in [1.82, 2.24) is 5.32 Å². The highest BCUT2D eigenvalue weighted by Gasteiger charge is 2.62. The summed E-state index contributed by atoms with van der Waals surface area (Å²) >= 11 is 0. The van der Waals surface area contributed by atoms with Gasteiger partial charge < -0.3 is 5.32 Å². The van der Waals surface area contributed by atoms with Crippen molar-refractivity contribution in [1.29, 1.82) is 0 Å². The number of carbonyl (C=O) groups excluding carboxylic acids is 1. The van der Waals surface area contributed by atoms with E-state index in [0.29, 0.717) is 18.0 Å². The first-order chi connectivity index (χ1) is 11.2. The fourth-order valence-electron chi connectivity index (χ4n) is 5.82. The van der Waals surface area contributed by atoms with Crippen LogP contribution in [0.4, 0.5) is 4.39 Å². The number of fused-ring (bicyclic) bond motifs is 2. The summed E-state index contributed by atoms with van der Waals surface area (Å²) in [5, 5.41) is 2.96. The molecule has 3 fully saturated rings. The Morgan fingerprint density at radius 1 is 1.22 bits per heavy atom. The van der Waals surface area contributed by atoms with Crippen LogP contribution in [0.5, 0.6) is 0 Å². The average molecular weight is 309 g/mol. The van der Waals surface area contributed by atoms with Gasteiger partial charge in [0.1, 0.15) is 5.82 Å². The molecule has 1 aromatic rings. The molecule has 1 N–H and O–H groups in total. The lowest BCUT2D eigenvalue weighted by Crippen LogP contribution is -2.23. The van der Waals surface area contributed by atoms with Gasteiger partial charge in [0.15, 0.2) is 0 Å². The summed E-state index contributed by atoms with van der Waals surface area (Å²) in [6.07, 6.45) is 8.82. The smallest absolute Gasteiger partial charge is 0.251 e. The van der Waals surface area contributed by atoms with Gasteiger partial charge >= 0.3 is 0 Å². The predicted molar refractivity (Wildman–Crippen MR) is 86.2 cm³/mol. The maximum atomic E-state index is 12.9. The first-order valence-corrected chi connectivity index (χ1v) is 8.67. The topological polar surface area (TPSA) is 29.1 Å². The quantitative estimate of drug-likeness (QED) is 0.847.